The zero-order valence-electron chi connectivity index (χ0n) is 25.6. The first-order chi connectivity index (χ1) is 23.1. The fraction of sp³-hybridized carbons (Fsp3) is 0.118. The first-order valence-corrected chi connectivity index (χ1v) is 15.0. The third-order valence-electron chi connectivity index (χ3n) is 7.02. The lowest BCUT2D eigenvalue weighted by atomic mass is 10.1. The molecule has 2 aromatic carbocycles. The van der Waals surface area contributed by atoms with E-state index in [0.717, 1.165) is 22.8 Å². The quantitative estimate of drug-likeness (QED) is 0.157. The first-order valence-electron chi connectivity index (χ1n) is 14.3. The minimum absolute atomic E-state index is 0.0873. The maximum Gasteiger partial charge on any atom is 0.337 e. The number of rotatable bonds is 10. The Morgan fingerprint density at radius 2 is 1.02 bits per heavy atom. The Morgan fingerprint density at radius 1 is 0.646 bits per heavy atom. The summed E-state index contributed by atoms with van der Waals surface area (Å²) in [5.74, 6) is 0.0553. The smallest absolute Gasteiger partial charge is 0.337 e. The molecule has 4 aromatic heterocycles. The van der Waals surface area contributed by atoms with Gasteiger partial charge in [-0.15, -0.1) is 0 Å². The average Bonchev–Trinajstić information content (AvgIpc) is 3.70. The summed E-state index contributed by atoms with van der Waals surface area (Å²) in [7, 11) is 3.74. The number of ether oxygens (including phenoxy) is 2. The van der Waals surface area contributed by atoms with Gasteiger partial charge in [-0.1, -0.05) is 47.5 Å². The van der Waals surface area contributed by atoms with Gasteiger partial charge in [0, 0.05) is 72.4 Å². The highest BCUT2D eigenvalue weighted by atomic mass is 35.5. The molecule has 12 nitrogen and oxygen atoms in total. The highest BCUT2D eigenvalue weighted by Crippen LogP contribution is 2.32. The van der Waals surface area contributed by atoms with Crippen LogP contribution in [0.3, 0.4) is 0 Å². The second kappa shape index (κ2) is 15.2. The lowest BCUT2D eigenvalue weighted by molar-refractivity contribution is 0.0685. The van der Waals surface area contributed by atoms with Crippen LogP contribution in [0.25, 0.3) is 22.3 Å². The van der Waals surface area contributed by atoms with Crippen LogP contribution in [0.4, 0.5) is 0 Å². The number of pyridine rings is 2. The van der Waals surface area contributed by atoms with Gasteiger partial charge >= 0.3 is 11.9 Å². The number of carbonyl (C=O) groups is 2. The molecule has 0 amide bonds. The van der Waals surface area contributed by atoms with E-state index in [1.54, 1.807) is 60.9 Å². The number of carboxylic acid groups (broad SMARTS) is 2. The van der Waals surface area contributed by atoms with E-state index in [1.807, 2.05) is 35.6 Å². The van der Waals surface area contributed by atoms with Crippen LogP contribution in [0.5, 0.6) is 11.8 Å². The molecule has 4 heterocycles. The Kier molecular flexibility index (Phi) is 10.7. The summed E-state index contributed by atoms with van der Waals surface area (Å²) in [6, 6.07) is 17.1. The largest absolute Gasteiger partial charge is 0.478 e. The van der Waals surface area contributed by atoms with E-state index in [1.165, 1.54) is 24.5 Å². The van der Waals surface area contributed by atoms with E-state index in [4.69, 9.17) is 32.7 Å². The van der Waals surface area contributed by atoms with Gasteiger partial charge in [0.15, 0.2) is 0 Å². The van der Waals surface area contributed by atoms with Crippen molar-refractivity contribution in [2.75, 3.05) is 0 Å². The topological polar surface area (TPSA) is 154 Å². The van der Waals surface area contributed by atoms with Crippen LogP contribution in [0.15, 0.2) is 97.8 Å². The van der Waals surface area contributed by atoms with Crippen LogP contribution in [0.2, 0.25) is 10.0 Å². The van der Waals surface area contributed by atoms with E-state index in [9.17, 15) is 19.8 Å². The van der Waals surface area contributed by atoms with Gasteiger partial charge in [0.2, 0.25) is 11.8 Å². The molecular weight excluding hydrogens is 659 g/mol. The summed E-state index contributed by atoms with van der Waals surface area (Å²) in [5.41, 5.74) is 2.88. The Morgan fingerprint density at radius 3 is 1.33 bits per heavy atom. The fourth-order valence-corrected chi connectivity index (χ4v) is 4.63. The van der Waals surface area contributed by atoms with E-state index in [-0.39, 0.29) is 24.3 Å². The maximum atomic E-state index is 11.2. The van der Waals surface area contributed by atoms with Gasteiger partial charge in [0.05, 0.1) is 11.1 Å². The molecule has 6 rings (SSSR count). The molecule has 0 aliphatic carbocycles. The fourth-order valence-electron chi connectivity index (χ4n) is 4.38. The van der Waals surface area contributed by atoms with Crippen molar-refractivity contribution >= 4 is 35.1 Å². The number of imidazole rings is 2. The number of aromatic carboxylic acids is 2. The highest BCUT2D eigenvalue weighted by molar-refractivity contribution is 6.31. The molecule has 0 spiro atoms. The van der Waals surface area contributed by atoms with Crippen molar-refractivity contribution in [3.63, 3.8) is 0 Å². The number of aryl methyl sites for hydroxylation is 2. The highest BCUT2D eigenvalue weighted by Gasteiger charge is 2.15. The number of aromatic nitrogens is 6. The second-order valence-electron chi connectivity index (χ2n) is 10.3. The predicted octanol–water partition coefficient (Wildman–Crippen LogP) is 6.83. The van der Waals surface area contributed by atoms with Crippen molar-refractivity contribution in [2.24, 2.45) is 14.1 Å². The van der Waals surface area contributed by atoms with E-state index >= 15 is 0 Å². The van der Waals surface area contributed by atoms with Crippen molar-refractivity contribution in [2.45, 2.75) is 13.2 Å². The number of hydrogen-bond donors (Lipinski definition) is 2. The molecule has 0 unspecified atom stereocenters. The van der Waals surface area contributed by atoms with Gasteiger partial charge in [-0.3, -0.25) is 0 Å². The van der Waals surface area contributed by atoms with Gasteiger partial charge in [0.25, 0.3) is 0 Å². The molecule has 244 valence electrons. The molecule has 0 atom stereocenters. The van der Waals surface area contributed by atoms with Crippen LogP contribution in [0.1, 0.15) is 32.4 Å². The van der Waals surface area contributed by atoms with Crippen molar-refractivity contribution in [1.82, 2.24) is 29.1 Å². The van der Waals surface area contributed by atoms with Gasteiger partial charge < -0.3 is 28.8 Å². The van der Waals surface area contributed by atoms with Gasteiger partial charge in [-0.25, -0.2) is 29.5 Å². The Balaban J connectivity index is 0.000000188. The molecule has 6 aromatic rings. The predicted molar refractivity (Wildman–Crippen MR) is 178 cm³/mol. The summed E-state index contributed by atoms with van der Waals surface area (Å²) in [6.07, 6.45) is 9.55. The van der Waals surface area contributed by atoms with Crippen LogP contribution >= 0.6 is 23.2 Å². The van der Waals surface area contributed by atoms with Crippen LogP contribution < -0.4 is 9.47 Å². The zero-order valence-corrected chi connectivity index (χ0v) is 27.1. The molecule has 0 radical (unpaired) electrons. The first kappa shape index (κ1) is 33.6. The molecule has 48 heavy (non-hydrogen) atoms. The summed E-state index contributed by atoms with van der Waals surface area (Å²) >= 11 is 11.8. The third kappa shape index (κ3) is 8.35. The Bertz CT molecular complexity index is 1900. The lowest BCUT2D eigenvalue weighted by Crippen LogP contribution is -2.06. The van der Waals surface area contributed by atoms with Crippen molar-refractivity contribution in [1.29, 1.82) is 0 Å². The molecule has 0 bridgehead atoms. The van der Waals surface area contributed by atoms with E-state index in [2.05, 4.69) is 19.9 Å². The van der Waals surface area contributed by atoms with E-state index in [0.29, 0.717) is 32.9 Å². The Hall–Kier alpha value is -5.72. The summed E-state index contributed by atoms with van der Waals surface area (Å²) in [6.45, 7) is 0.451. The van der Waals surface area contributed by atoms with Gasteiger partial charge in [0.1, 0.15) is 24.9 Å². The number of hydrogen-bond acceptors (Lipinski definition) is 8. The maximum absolute atomic E-state index is 11.2. The monoisotopic (exact) mass is 686 g/mol. The summed E-state index contributed by atoms with van der Waals surface area (Å²) < 4.78 is 15.2. The average molecular weight is 688 g/mol. The van der Waals surface area contributed by atoms with E-state index < -0.39 is 11.9 Å². The molecule has 0 aliphatic heterocycles. The minimum Gasteiger partial charge on any atom is -0.478 e. The summed E-state index contributed by atoms with van der Waals surface area (Å²) in [4.78, 5) is 39.1. The second-order valence-corrected chi connectivity index (χ2v) is 11.1. The van der Waals surface area contributed by atoms with Crippen LogP contribution in [0, 0.1) is 0 Å². The normalized spacial score (nSPS) is 10.6. The molecule has 14 heteroatoms. The van der Waals surface area contributed by atoms with Crippen molar-refractivity contribution in [3.8, 4) is 34.0 Å². The lowest BCUT2D eigenvalue weighted by Gasteiger charge is -2.11. The van der Waals surface area contributed by atoms with Crippen LogP contribution in [-0.2, 0) is 27.3 Å². The number of nitrogens with zero attached hydrogens (tertiary/aromatic N) is 6. The zero-order chi connectivity index (χ0) is 34.2. The van der Waals surface area contributed by atoms with Gasteiger partial charge in [-0.05, 0) is 47.5 Å². The molecule has 0 aliphatic rings. The molecular formula is C34H28Cl2N6O6. The van der Waals surface area contributed by atoms with Crippen molar-refractivity contribution in [3.05, 3.63) is 131 Å². The number of halogens is 2. The van der Waals surface area contributed by atoms with Gasteiger partial charge in [-0.2, -0.15) is 0 Å². The third-order valence-corrected chi connectivity index (χ3v) is 7.53. The summed E-state index contributed by atoms with van der Waals surface area (Å²) in [5, 5.41) is 19.6. The van der Waals surface area contributed by atoms with Crippen LogP contribution in [-0.4, -0.2) is 51.2 Å². The molecule has 0 fully saturated rings. The molecule has 0 saturated heterocycles. The molecule has 0 saturated carbocycles. The molecule has 2 N–H and O–H groups in total. The minimum atomic E-state index is -1.05. The number of carboxylic acids is 2. The van der Waals surface area contributed by atoms with Crippen molar-refractivity contribution < 1.29 is 29.3 Å². The standard InChI is InChI=1S/2C17H14ClN3O3/c2*1-21-7-6-19-15(21)10-24-16-14(8-12(9-20-16)17(22)23)11-2-4-13(18)5-3-11/h2*2-9H,10H2,1H3,(H,22,23). The Labute approximate surface area is 284 Å². The number of benzene rings is 2. The SMILES string of the molecule is Cn1ccnc1COc1ncc(C(=O)O)cc1-c1ccc(Cl)cc1.Cn1ccnc1COc1ncc(C(=O)O)cc1-c1ccc(Cl)cc1.